The van der Waals surface area contributed by atoms with Crippen molar-refractivity contribution in [1.82, 2.24) is 4.98 Å². The van der Waals surface area contributed by atoms with Gasteiger partial charge in [-0.25, -0.2) is 4.98 Å². The van der Waals surface area contributed by atoms with Gasteiger partial charge in [0.1, 0.15) is 11.6 Å². The Kier molecular flexibility index (Phi) is 4.47. The summed E-state index contributed by atoms with van der Waals surface area (Å²) in [6.45, 7) is -2.94. The standard InChI is InChI=1S/C13H9ClF2N2O2/c14-9-4-5-17-11(7-9)18-12(19)8-2-1-3-10(6-8)20-13(15)16/h1-7,13H,(H,17,18,19). The van der Waals surface area contributed by atoms with Crippen molar-refractivity contribution in [3.63, 3.8) is 0 Å². The molecular weight excluding hydrogens is 290 g/mol. The fourth-order valence-corrected chi connectivity index (χ4v) is 1.63. The number of nitrogens with zero attached hydrogens (tertiary/aromatic N) is 1. The topological polar surface area (TPSA) is 51.2 Å². The Balaban J connectivity index is 2.13. The summed E-state index contributed by atoms with van der Waals surface area (Å²) < 4.78 is 28.4. The van der Waals surface area contributed by atoms with Crippen LogP contribution in [0.15, 0.2) is 42.6 Å². The number of amides is 1. The second kappa shape index (κ2) is 6.29. The zero-order chi connectivity index (χ0) is 14.5. The number of aromatic nitrogens is 1. The predicted octanol–water partition coefficient (Wildman–Crippen LogP) is 3.59. The molecule has 0 aliphatic carbocycles. The van der Waals surface area contributed by atoms with Gasteiger partial charge in [-0.1, -0.05) is 17.7 Å². The van der Waals surface area contributed by atoms with Gasteiger partial charge in [-0.15, -0.1) is 0 Å². The molecule has 0 atom stereocenters. The number of carbonyl (C=O) groups excluding carboxylic acids is 1. The zero-order valence-electron chi connectivity index (χ0n) is 10.0. The first-order valence-corrected chi connectivity index (χ1v) is 5.90. The monoisotopic (exact) mass is 298 g/mol. The van der Waals surface area contributed by atoms with E-state index in [-0.39, 0.29) is 17.1 Å². The van der Waals surface area contributed by atoms with E-state index in [1.165, 1.54) is 36.5 Å². The molecule has 0 fully saturated rings. The molecule has 0 saturated heterocycles. The summed E-state index contributed by atoms with van der Waals surface area (Å²) in [7, 11) is 0. The highest BCUT2D eigenvalue weighted by atomic mass is 35.5. The van der Waals surface area contributed by atoms with E-state index in [0.29, 0.717) is 5.02 Å². The molecule has 104 valence electrons. The maximum atomic E-state index is 12.1. The van der Waals surface area contributed by atoms with E-state index >= 15 is 0 Å². The highest BCUT2D eigenvalue weighted by Crippen LogP contribution is 2.17. The number of carbonyl (C=O) groups is 1. The Morgan fingerprint density at radius 1 is 1.30 bits per heavy atom. The molecule has 0 aliphatic heterocycles. The lowest BCUT2D eigenvalue weighted by Crippen LogP contribution is -2.13. The van der Waals surface area contributed by atoms with E-state index in [1.807, 2.05) is 0 Å². The normalized spacial score (nSPS) is 10.4. The second-order valence-corrected chi connectivity index (χ2v) is 4.16. The molecule has 1 aromatic heterocycles. The van der Waals surface area contributed by atoms with Crippen LogP contribution in [-0.2, 0) is 0 Å². The van der Waals surface area contributed by atoms with Gasteiger partial charge in [0, 0.05) is 16.8 Å². The molecule has 7 heteroatoms. The third-order valence-electron chi connectivity index (χ3n) is 2.28. The van der Waals surface area contributed by atoms with Crippen molar-refractivity contribution in [2.24, 2.45) is 0 Å². The van der Waals surface area contributed by atoms with Crippen molar-refractivity contribution in [3.8, 4) is 5.75 Å². The van der Waals surface area contributed by atoms with Crippen LogP contribution < -0.4 is 10.1 Å². The van der Waals surface area contributed by atoms with Crippen LogP contribution in [0, 0.1) is 0 Å². The number of nitrogens with one attached hydrogen (secondary N) is 1. The fourth-order valence-electron chi connectivity index (χ4n) is 1.48. The molecule has 0 aliphatic rings. The van der Waals surface area contributed by atoms with Crippen LogP contribution in [0.5, 0.6) is 5.75 Å². The van der Waals surface area contributed by atoms with Gasteiger partial charge < -0.3 is 10.1 Å². The molecule has 0 unspecified atom stereocenters. The Morgan fingerprint density at radius 2 is 2.10 bits per heavy atom. The number of anilines is 1. The fraction of sp³-hybridized carbons (Fsp3) is 0.0769. The molecule has 1 N–H and O–H groups in total. The summed E-state index contributed by atoms with van der Waals surface area (Å²) >= 11 is 5.76. The van der Waals surface area contributed by atoms with Crippen molar-refractivity contribution in [3.05, 3.63) is 53.2 Å². The van der Waals surface area contributed by atoms with Crippen LogP contribution in [0.1, 0.15) is 10.4 Å². The van der Waals surface area contributed by atoms with Gasteiger partial charge in [0.15, 0.2) is 0 Å². The maximum absolute atomic E-state index is 12.1. The first-order chi connectivity index (χ1) is 9.54. The molecule has 4 nitrogen and oxygen atoms in total. The number of halogens is 3. The van der Waals surface area contributed by atoms with Gasteiger partial charge in [0.05, 0.1) is 0 Å². The second-order valence-electron chi connectivity index (χ2n) is 3.72. The van der Waals surface area contributed by atoms with E-state index in [9.17, 15) is 13.6 Å². The maximum Gasteiger partial charge on any atom is 0.387 e. The SMILES string of the molecule is O=C(Nc1cc(Cl)ccn1)c1cccc(OC(F)F)c1. The molecule has 1 aromatic carbocycles. The van der Waals surface area contributed by atoms with Crippen LogP contribution >= 0.6 is 11.6 Å². The molecule has 1 heterocycles. The number of ether oxygens (including phenoxy) is 1. The Hall–Kier alpha value is -2.21. The number of benzene rings is 1. The molecule has 1 amide bonds. The van der Waals surface area contributed by atoms with Gasteiger partial charge in [0.2, 0.25) is 0 Å². The lowest BCUT2D eigenvalue weighted by atomic mass is 10.2. The number of alkyl halides is 2. The minimum Gasteiger partial charge on any atom is -0.435 e. The summed E-state index contributed by atoms with van der Waals surface area (Å²) in [6, 6.07) is 8.50. The molecule has 20 heavy (non-hydrogen) atoms. The number of hydrogen-bond acceptors (Lipinski definition) is 3. The smallest absolute Gasteiger partial charge is 0.387 e. The average Bonchev–Trinajstić information content (AvgIpc) is 2.38. The zero-order valence-corrected chi connectivity index (χ0v) is 10.8. The van der Waals surface area contributed by atoms with Crippen molar-refractivity contribution >= 4 is 23.3 Å². The van der Waals surface area contributed by atoms with Gasteiger partial charge >= 0.3 is 6.61 Å². The Bertz CT molecular complexity index is 623. The number of pyridine rings is 1. The molecule has 2 rings (SSSR count). The Labute approximate surface area is 118 Å². The number of hydrogen-bond donors (Lipinski definition) is 1. The molecule has 0 saturated carbocycles. The number of rotatable bonds is 4. The third kappa shape index (κ3) is 3.89. The molecule has 0 spiro atoms. The molecular formula is C13H9ClF2N2O2. The minimum absolute atomic E-state index is 0.0910. The van der Waals surface area contributed by atoms with Gasteiger partial charge in [-0.2, -0.15) is 8.78 Å². The van der Waals surface area contributed by atoms with Crippen molar-refractivity contribution in [2.45, 2.75) is 6.61 Å². The first kappa shape index (κ1) is 14.2. The van der Waals surface area contributed by atoms with Crippen LogP contribution in [0.25, 0.3) is 0 Å². The minimum atomic E-state index is -2.94. The van der Waals surface area contributed by atoms with Crippen LogP contribution in [-0.4, -0.2) is 17.5 Å². The van der Waals surface area contributed by atoms with Crippen LogP contribution in [0.2, 0.25) is 5.02 Å². The highest BCUT2D eigenvalue weighted by molar-refractivity contribution is 6.30. The third-order valence-corrected chi connectivity index (χ3v) is 2.52. The van der Waals surface area contributed by atoms with E-state index in [0.717, 1.165) is 0 Å². The van der Waals surface area contributed by atoms with Gasteiger partial charge in [0.25, 0.3) is 5.91 Å². The van der Waals surface area contributed by atoms with E-state index in [1.54, 1.807) is 6.07 Å². The quantitative estimate of drug-likeness (QED) is 0.938. The van der Waals surface area contributed by atoms with Crippen molar-refractivity contribution in [2.75, 3.05) is 5.32 Å². The largest absolute Gasteiger partial charge is 0.435 e. The van der Waals surface area contributed by atoms with Gasteiger partial charge in [-0.05, 0) is 30.3 Å². The highest BCUT2D eigenvalue weighted by Gasteiger charge is 2.10. The molecule has 0 bridgehead atoms. The van der Waals surface area contributed by atoms with E-state index in [4.69, 9.17) is 11.6 Å². The summed E-state index contributed by atoms with van der Waals surface area (Å²) in [5.41, 5.74) is 0.171. The summed E-state index contributed by atoms with van der Waals surface area (Å²) in [5, 5.41) is 2.92. The average molecular weight is 299 g/mol. The van der Waals surface area contributed by atoms with E-state index < -0.39 is 12.5 Å². The van der Waals surface area contributed by atoms with Crippen molar-refractivity contribution in [1.29, 1.82) is 0 Å². The lowest BCUT2D eigenvalue weighted by Gasteiger charge is -2.07. The summed E-state index contributed by atoms with van der Waals surface area (Å²) in [5.74, 6) is -0.325. The van der Waals surface area contributed by atoms with E-state index in [2.05, 4.69) is 15.0 Å². The van der Waals surface area contributed by atoms with Crippen LogP contribution in [0.3, 0.4) is 0 Å². The Morgan fingerprint density at radius 3 is 2.80 bits per heavy atom. The first-order valence-electron chi connectivity index (χ1n) is 5.52. The van der Waals surface area contributed by atoms with Crippen LogP contribution in [0.4, 0.5) is 14.6 Å². The predicted molar refractivity (Wildman–Crippen MR) is 70.3 cm³/mol. The lowest BCUT2D eigenvalue weighted by molar-refractivity contribution is -0.0498. The molecule has 2 aromatic rings. The van der Waals surface area contributed by atoms with Crippen molar-refractivity contribution < 1.29 is 18.3 Å². The summed E-state index contributed by atoms with van der Waals surface area (Å²) in [4.78, 5) is 15.8. The molecule has 0 radical (unpaired) electrons. The summed E-state index contributed by atoms with van der Waals surface area (Å²) in [6.07, 6.45) is 1.44. The van der Waals surface area contributed by atoms with Gasteiger partial charge in [-0.3, -0.25) is 4.79 Å².